The molecule has 10 heavy (non-hydrogen) atoms. The second kappa shape index (κ2) is 9.01. The van der Waals surface area contributed by atoms with Crippen molar-refractivity contribution in [2.45, 2.75) is 12.8 Å². The van der Waals surface area contributed by atoms with E-state index in [0.717, 1.165) is 0 Å². The molecule has 0 bridgehead atoms. The predicted octanol–water partition coefficient (Wildman–Crippen LogP) is -3.75. The molecular weight excluding hydrogens is 141 g/mol. The third kappa shape index (κ3) is 10.9. The average molecular weight is 151 g/mol. The summed E-state index contributed by atoms with van der Waals surface area (Å²) >= 11 is 0. The Morgan fingerprint density at radius 2 is 2.30 bits per heavy atom. The molecule has 0 amide bonds. The van der Waals surface area contributed by atoms with E-state index in [9.17, 15) is 9.90 Å². The molecule has 0 spiro atoms. The molecule has 0 aromatic carbocycles. The third-order valence-electron chi connectivity index (χ3n) is 0.846. The number of rotatable bonds is 5. The summed E-state index contributed by atoms with van der Waals surface area (Å²) in [4.78, 5) is 9.80. The average Bonchev–Trinajstić information content (AvgIpc) is 1.80. The van der Waals surface area contributed by atoms with Gasteiger partial charge in [-0.25, -0.2) is 0 Å². The van der Waals surface area contributed by atoms with Gasteiger partial charge in [0.25, 0.3) is 0 Å². The number of hydrogen-bond donors (Lipinski definition) is 1. The van der Waals surface area contributed by atoms with Crippen molar-refractivity contribution in [1.29, 1.82) is 0 Å². The van der Waals surface area contributed by atoms with Crippen molar-refractivity contribution in [3.8, 4) is 0 Å². The second-order valence-electron chi connectivity index (χ2n) is 1.63. The topological polar surface area (TPSA) is 52.2 Å². The summed E-state index contributed by atoms with van der Waals surface area (Å²) in [5.74, 6) is -0.999. The Bertz CT molecular complexity index is 106. The molecule has 0 atom stereocenters. The maximum absolute atomic E-state index is 9.80. The van der Waals surface area contributed by atoms with E-state index in [1.165, 1.54) is 6.20 Å². The Kier molecular flexibility index (Phi) is 11.4. The van der Waals surface area contributed by atoms with Crippen molar-refractivity contribution >= 4 is 5.97 Å². The second-order valence-corrected chi connectivity index (χ2v) is 1.63. The molecule has 3 nitrogen and oxygen atoms in total. The number of nitrogens with one attached hydrogen (secondary N) is 1. The first kappa shape index (κ1) is 12.7. The third-order valence-corrected chi connectivity index (χ3v) is 0.846. The van der Waals surface area contributed by atoms with E-state index < -0.39 is 5.97 Å². The minimum atomic E-state index is -0.999. The van der Waals surface area contributed by atoms with E-state index in [4.69, 9.17) is 0 Å². The molecule has 0 fully saturated rings. The molecule has 0 rings (SSSR count). The van der Waals surface area contributed by atoms with Crippen LogP contribution >= 0.6 is 0 Å². The van der Waals surface area contributed by atoms with Crippen LogP contribution in [0.15, 0.2) is 12.8 Å². The number of aliphatic carboxylic acids is 1. The number of hydrogen-bond acceptors (Lipinski definition) is 3. The van der Waals surface area contributed by atoms with Crippen LogP contribution in [0.2, 0.25) is 0 Å². The van der Waals surface area contributed by atoms with Crippen molar-refractivity contribution < 1.29 is 39.5 Å². The van der Waals surface area contributed by atoms with Gasteiger partial charge in [-0.3, -0.25) is 0 Å². The van der Waals surface area contributed by atoms with Gasteiger partial charge >= 0.3 is 29.6 Å². The quantitative estimate of drug-likeness (QED) is 0.324. The first-order chi connectivity index (χ1) is 4.27. The van der Waals surface area contributed by atoms with Gasteiger partial charge in [0, 0.05) is 12.5 Å². The number of carboxylic acids is 1. The van der Waals surface area contributed by atoms with Crippen LogP contribution in [-0.2, 0) is 4.79 Å². The molecular formula is C6H10NNaO2. The molecule has 1 N–H and O–H groups in total. The molecule has 0 aliphatic carbocycles. The molecule has 0 aromatic rings. The largest absolute Gasteiger partial charge is 1.00 e. The van der Waals surface area contributed by atoms with Gasteiger partial charge in [-0.05, 0) is 19.0 Å². The SMILES string of the molecule is C=CNCCCC(=O)[O-].[Na+]. The zero-order valence-corrected chi connectivity index (χ0v) is 8.22. The molecule has 4 heteroatoms. The van der Waals surface area contributed by atoms with Gasteiger partial charge in [0.1, 0.15) is 0 Å². The summed E-state index contributed by atoms with van der Waals surface area (Å²) in [5, 5.41) is 12.6. The molecule has 0 aromatic heterocycles. The van der Waals surface area contributed by atoms with E-state index >= 15 is 0 Å². The van der Waals surface area contributed by atoms with E-state index in [-0.39, 0.29) is 36.0 Å². The summed E-state index contributed by atoms with van der Waals surface area (Å²) < 4.78 is 0. The number of carbonyl (C=O) groups is 1. The van der Waals surface area contributed by atoms with E-state index in [1.54, 1.807) is 0 Å². The first-order valence-electron chi connectivity index (χ1n) is 2.81. The van der Waals surface area contributed by atoms with Gasteiger partial charge in [-0.15, -0.1) is 0 Å². The van der Waals surface area contributed by atoms with Gasteiger partial charge < -0.3 is 15.2 Å². The van der Waals surface area contributed by atoms with E-state index in [1.807, 2.05) is 0 Å². The fraction of sp³-hybridized carbons (Fsp3) is 0.500. The van der Waals surface area contributed by atoms with Crippen LogP contribution in [0, 0.1) is 0 Å². The Labute approximate surface area is 82.8 Å². The van der Waals surface area contributed by atoms with Gasteiger partial charge in [0.15, 0.2) is 0 Å². The predicted molar refractivity (Wildman–Crippen MR) is 32.4 cm³/mol. The molecule has 0 unspecified atom stereocenters. The minimum Gasteiger partial charge on any atom is -0.550 e. The number of carboxylic acid groups (broad SMARTS) is 1. The summed E-state index contributed by atoms with van der Waals surface area (Å²) in [6.45, 7) is 4.05. The van der Waals surface area contributed by atoms with Crippen molar-refractivity contribution in [3.63, 3.8) is 0 Å². The van der Waals surface area contributed by atoms with Crippen LogP contribution in [-0.4, -0.2) is 12.5 Å². The molecule has 0 aliphatic heterocycles. The summed E-state index contributed by atoms with van der Waals surface area (Å²) in [6.07, 6.45) is 2.24. The minimum absolute atomic E-state index is 0. The van der Waals surface area contributed by atoms with Crippen LogP contribution in [0.1, 0.15) is 12.8 Å². The molecule has 0 aliphatic rings. The summed E-state index contributed by atoms with van der Waals surface area (Å²) in [6, 6.07) is 0. The smallest absolute Gasteiger partial charge is 0.550 e. The van der Waals surface area contributed by atoms with Gasteiger partial charge in [-0.2, -0.15) is 0 Å². The first-order valence-corrected chi connectivity index (χ1v) is 2.81. The Balaban J connectivity index is 0. The fourth-order valence-corrected chi connectivity index (χ4v) is 0.437. The summed E-state index contributed by atoms with van der Waals surface area (Å²) in [7, 11) is 0. The van der Waals surface area contributed by atoms with Crippen LogP contribution in [0.25, 0.3) is 0 Å². The molecule has 0 saturated heterocycles. The Morgan fingerprint density at radius 1 is 1.70 bits per heavy atom. The zero-order valence-electron chi connectivity index (χ0n) is 6.22. The molecule has 52 valence electrons. The molecule has 0 saturated carbocycles. The summed E-state index contributed by atoms with van der Waals surface area (Å²) in [5.41, 5.74) is 0. The van der Waals surface area contributed by atoms with Crippen LogP contribution in [0.5, 0.6) is 0 Å². The van der Waals surface area contributed by atoms with Gasteiger partial charge in [-0.1, -0.05) is 6.58 Å². The van der Waals surface area contributed by atoms with Crippen molar-refractivity contribution in [2.24, 2.45) is 0 Å². The van der Waals surface area contributed by atoms with Gasteiger partial charge in [0.05, 0.1) is 0 Å². The normalized spacial score (nSPS) is 7.60. The van der Waals surface area contributed by atoms with Crippen molar-refractivity contribution in [2.75, 3.05) is 6.54 Å². The van der Waals surface area contributed by atoms with E-state index in [2.05, 4.69) is 11.9 Å². The zero-order chi connectivity index (χ0) is 7.11. The Morgan fingerprint density at radius 3 is 2.70 bits per heavy atom. The maximum Gasteiger partial charge on any atom is 1.00 e. The van der Waals surface area contributed by atoms with Gasteiger partial charge in [0.2, 0.25) is 0 Å². The standard InChI is InChI=1S/C6H11NO2.Na/c1-2-7-5-3-4-6(8)9;/h2,7H,1,3-5H2,(H,8,9);/q;+1/p-1. The van der Waals surface area contributed by atoms with E-state index in [0.29, 0.717) is 13.0 Å². The van der Waals surface area contributed by atoms with Crippen LogP contribution < -0.4 is 40.0 Å². The van der Waals surface area contributed by atoms with Crippen molar-refractivity contribution in [1.82, 2.24) is 5.32 Å². The molecule has 0 heterocycles. The maximum atomic E-state index is 9.80. The Hall–Kier alpha value is 0.0100. The monoisotopic (exact) mass is 151 g/mol. The molecule has 0 radical (unpaired) electrons. The fourth-order valence-electron chi connectivity index (χ4n) is 0.437. The van der Waals surface area contributed by atoms with Crippen LogP contribution in [0.3, 0.4) is 0 Å². The van der Waals surface area contributed by atoms with Crippen LogP contribution in [0.4, 0.5) is 0 Å². The number of carbonyl (C=O) groups excluding carboxylic acids is 1. The van der Waals surface area contributed by atoms with Crippen molar-refractivity contribution in [3.05, 3.63) is 12.8 Å².